The smallest absolute Gasteiger partial charge is 0.151 e. The maximum absolute atomic E-state index is 13.6. The molecule has 1 atom stereocenters. The Bertz CT molecular complexity index is 346. The first-order chi connectivity index (χ1) is 7.11. The first kappa shape index (κ1) is 12.2. The second-order valence-electron chi connectivity index (χ2n) is 3.08. The highest BCUT2D eigenvalue weighted by molar-refractivity contribution is 6.32. The van der Waals surface area contributed by atoms with Crippen LogP contribution in [0.25, 0.3) is 0 Å². The summed E-state index contributed by atoms with van der Waals surface area (Å²) in [6.45, 7) is 0.282. The highest BCUT2D eigenvalue weighted by atomic mass is 35.5. The minimum absolute atomic E-state index is 0.119. The Kier molecular flexibility index (Phi) is 4.32. The topological polar surface area (TPSA) is 55.5 Å². The summed E-state index contributed by atoms with van der Waals surface area (Å²) in [7, 11) is 1.40. The molecule has 0 aliphatic carbocycles. The van der Waals surface area contributed by atoms with Crippen LogP contribution in [0.2, 0.25) is 5.02 Å². The molecule has 0 heterocycles. The van der Waals surface area contributed by atoms with Gasteiger partial charge in [-0.2, -0.15) is 0 Å². The molecule has 0 spiro atoms. The van der Waals surface area contributed by atoms with Gasteiger partial charge in [0.1, 0.15) is 10.8 Å². The molecule has 3 nitrogen and oxygen atoms in total. The van der Waals surface area contributed by atoms with Gasteiger partial charge in [0.25, 0.3) is 0 Å². The molecule has 1 aromatic carbocycles. The molecule has 0 aliphatic rings. The number of aliphatic hydroxyl groups excluding tert-OH is 1. The highest BCUT2D eigenvalue weighted by Crippen LogP contribution is 2.32. The van der Waals surface area contributed by atoms with Gasteiger partial charge in [0.05, 0.1) is 13.2 Å². The van der Waals surface area contributed by atoms with Crippen molar-refractivity contribution in [3.05, 3.63) is 28.5 Å². The molecular weight excluding hydrogens is 221 g/mol. The van der Waals surface area contributed by atoms with Gasteiger partial charge in [-0.15, -0.1) is 0 Å². The van der Waals surface area contributed by atoms with E-state index in [9.17, 15) is 9.50 Å². The molecule has 84 valence electrons. The molecule has 0 saturated carbocycles. The van der Waals surface area contributed by atoms with E-state index in [4.69, 9.17) is 22.1 Å². The van der Waals surface area contributed by atoms with E-state index in [1.165, 1.54) is 19.2 Å². The number of methoxy groups -OCH3 is 1. The van der Waals surface area contributed by atoms with Gasteiger partial charge in [0, 0.05) is 5.56 Å². The van der Waals surface area contributed by atoms with Crippen LogP contribution >= 0.6 is 11.6 Å². The van der Waals surface area contributed by atoms with Crippen LogP contribution in [0.3, 0.4) is 0 Å². The van der Waals surface area contributed by atoms with Crippen LogP contribution in [0.4, 0.5) is 4.39 Å². The number of aliphatic hydroxyl groups is 1. The first-order valence-electron chi connectivity index (χ1n) is 4.51. The van der Waals surface area contributed by atoms with Crippen molar-refractivity contribution in [2.75, 3.05) is 13.7 Å². The quantitative estimate of drug-likeness (QED) is 0.835. The monoisotopic (exact) mass is 233 g/mol. The van der Waals surface area contributed by atoms with Gasteiger partial charge in [-0.1, -0.05) is 11.6 Å². The van der Waals surface area contributed by atoms with E-state index in [-0.39, 0.29) is 22.9 Å². The lowest BCUT2D eigenvalue weighted by Crippen LogP contribution is -2.08. The fourth-order valence-electron chi connectivity index (χ4n) is 1.28. The van der Waals surface area contributed by atoms with Gasteiger partial charge in [-0.25, -0.2) is 4.39 Å². The van der Waals surface area contributed by atoms with Gasteiger partial charge in [0.15, 0.2) is 5.82 Å². The lowest BCUT2D eigenvalue weighted by atomic mass is 10.1. The van der Waals surface area contributed by atoms with E-state index in [0.29, 0.717) is 6.42 Å². The number of nitrogens with two attached hydrogens (primary N) is 1. The summed E-state index contributed by atoms with van der Waals surface area (Å²) in [5.74, 6) is -0.408. The van der Waals surface area contributed by atoms with Crippen molar-refractivity contribution >= 4 is 11.6 Å². The van der Waals surface area contributed by atoms with Crippen LogP contribution in [-0.4, -0.2) is 18.8 Å². The number of rotatable bonds is 4. The van der Waals surface area contributed by atoms with Crippen molar-refractivity contribution in [2.24, 2.45) is 5.73 Å². The third kappa shape index (κ3) is 2.59. The number of hydrogen-bond acceptors (Lipinski definition) is 3. The van der Waals surface area contributed by atoms with Crippen LogP contribution < -0.4 is 10.5 Å². The highest BCUT2D eigenvalue weighted by Gasteiger charge is 2.17. The van der Waals surface area contributed by atoms with E-state index >= 15 is 0 Å². The molecule has 15 heavy (non-hydrogen) atoms. The molecule has 0 amide bonds. The number of benzene rings is 1. The van der Waals surface area contributed by atoms with Gasteiger partial charge in [0.2, 0.25) is 0 Å². The van der Waals surface area contributed by atoms with Crippen LogP contribution in [-0.2, 0) is 0 Å². The standard InChI is InChI=1S/C10H13ClFNO2/c1-15-8-3-2-6(7(14)4-5-13)10(12)9(8)11/h2-3,7,14H,4-5,13H2,1H3. The zero-order valence-corrected chi connectivity index (χ0v) is 9.09. The predicted octanol–water partition coefficient (Wildman–Crippen LogP) is 1.87. The summed E-state index contributed by atoms with van der Waals surface area (Å²) in [4.78, 5) is 0. The minimum Gasteiger partial charge on any atom is -0.495 e. The fraction of sp³-hybridized carbons (Fsp3) is 0.400. The number of hydrogen-bond donors (Lipinski definition) is 2. The molecule has 0 bridgehead atoms. The molecule has 1 aromatic rings. The average molecular weight is 234 g/mol. The zero-order chi connectivity index (χ0) is 11.4. The van der Waals surface area contributed by atoms with Crippen LogP contribution in [0.1, 0.15) is 18.1 Å². The summed E-state index contributed by atoms with van der Waals surface area (Å²) in [5, 5.41) is 9.45. The molecule has 1 unspecified atom stereocenters. The SMILES string of the molecule is COc1ccc(C(O)CCN)c(F)c1Cl. The largest absolute Gasteiger partial charge is 0.495 e. The van der Waals surface area contributed by atoms with Gasteiger partial charge < -0.3 is 15.6 Å². The fourth-order valence-corrected chi connectivity index (χ4v) is 1.52. The Labute approximate surface area is 92.6 Å². The molecule has 0 saturated heterocycles. The Hall–Kier alpha value is -0.840. The van der Waals surface area contributed by atoms with Crippen molar-refractivity contribution in [1.82, 2.24) is 0 Å². The van der Waals surface area contributed by atoms with Crippen LogP contribution in [0.5, 0.6) is 5.75 Å². The molecule has 1 rings (SSSR count). The Morgan fingerprint density at radius 1 is 1.60 bits per heavy atom. The summed E-state index contributed by atoms with van der Waals surface area (Å²) in [6, 6.07) is 2.96. The average Bonchev–Trinajstić information content (AvgIpc) is 2.22. The lowest BCUT2D eigenvalue weighted by Gasteiger charge is -2.13. The van der Waals surface area contributed by atoms with Crippen molar-refractivity contribution < 1.29 is 14.2 Å². The number of ether oxygens (including phenoxy) is 1. The van der Waals surface area contributed by atoms with Gasteiger partial charge in [-0.3, -0.25) is 0 Å². The Morgan fingerprint density at radius 3 is 2.80 bits per heavy atom. The van der Waals surface area contributed by atoms with Gasteiger partial charge >= 0.3 is 0 Å². The molecule has 3 N–H and O–H groups in total. The van der Waals surface area contributed by atoms with E-state index in [1.807, 2.05) is 0 Å². The minimum atomic E-state index is -0.932. The molecule has 0 fully saturated rings. The van der Waals surface area contributed by atoms with Crippen molar-refractivity contribution in [2.45, 2.75) is 12.5 Å². The van der Waals surface area contributed by atoms with Crippen LogP contribution in [0.15, 0.2) is 12.1 Å². The lowest BCUT2D eigenvalue weighted by molar-refractivity contribution is 0.165. The Balaban J connectivity index is 3.06. The molecular formula is C10H13ClFNO2. The molecule has 0 radical (unpaired) electrons. The second kappa shape index (κ2) is 5.30. The van der Waals surface area contributed by atoms with Crippen LogP contribution in [0, 0.1) is 5.82 Å². The maximum atomic E-state index is 13.6. The maximum Gasteiger partial charge on any atom is 0.151 e. The summed E-state index contributed by atoms with van der Waals surface area (Å²) in [6.07, 6.45) is -0.641. The molecule has 0 aliphatic heterocycles. The zero-order valence-electron chi connectivity index (χ0n) is 8.34. The van der Waals surface area contributed by atoms with E-state index in [0.717, 1.165) is 0 Å². The predicted molar refractivity (Wildman–Crippen MR) is 56.6 cm³/mol. The Morgan fingerprint density at radius 2 is 2.27 bits per heavy atom. The first-order valence-corrected chi connectivity index (χ1v) is 4.89. The van der Waals surface area contributed by atoms with Crippen molar-refractivity contribution in [1.29, 1.82) is 0 Å². The van der Waals surface area contributed by atoms with E-state index < -0.39 is 11.9 Å². The normalized spacial score (nSPS) is 12.6. The number of halogens is 2. The third-order valence-corrected chi connectivity index (χ3v) is 2.45. The molecule has 0 aromatic heterocycles. The summed E-state index contributed by atoms with van der Waals surface area (Å²) >= 11 is 5.70. The van der Waals surface area contributed by atoms with E-state index in [1.54, 1.807) is 0 Å². The van der Waals surface area contributed by atoms with E-state index in [2.05, 4.69) is 0 Å². The van der Waals surface area contributed by atoms with Gasteiger partial charge in [-0.05, 0) is 25.1 Å². The second-order valence-corrected chi connectivity index (χ2v) is 3.46. The third-order valence-electron chi connectivity index (χ3n) is 2.10. The molecule has 5 heteroatoms. The summed E-state index contributed by atoms with van der Waals surface area (Å²) in [5.41, 5.74) is 5.42. The summed E-state index contributed by atoms with van der Waals surface area (Å²) < 4.78 is 18.5. The van der Waals surface area contributed by atoms with Crippen molar-refractivity contribution in [3.63, 3.8) is 0 Å². The van der Waals surface area contributed by atoms with Crippen molar-refractivity contribution in [3.8, 4) is 5.75 Å².